The first-order chi connectivity index (χ1) is 7.66. The largest absolute Gasteiger partial charge is 0.508 e. The lowest BCUT2D eigenvalue weighted by Crippen LogP contribution is -1.95. The summed E-state index contributed by atoms with van der Waals surface area (Å²) in [5, 5.41) is 9.45. The zero-order chi connectivity index (χ0) is 11.5. The number of halogens is 1. The van der Waals surface area contributed by atoms with Gasteiger partial charge >= 0.3 is 0 Å². The van der Waals surface area contributed by atoms with Crippen LogP contribution in [0.4, 0.5) is 0 Å². The second-order valence-corrected chi connectivity index (χ2v) is 4.78. The minimum absolute atomic E-state index is 0.292. The molecule has 0 amide bonds. The summed E-state index contributed by atoms with van der Waals surface area (Å²) >= 11 is 3.42. The molecule has 82 valence electrons. The van der Waals surface area contributed by atoms with E-state index in [1.165, 1.54) is 5.56 Å². The van der Waals surface area contributed by atoms with E-state index in [4.69, 9.17) is 0 Å². The summed E-state index contributed by atoms with van der Waals surface area (Å²) in [5.41, 5.74) is 2.37. The smallest absolute Gasteiger partial charge is 0.115 e. The fourth-order valence-electron chi connectivity index (χ4n) is 1.74. The normalized spacial score (nSPS) is 12.4. The lowest BCUT2D eigenvalue weighted by atomic mass is 9.93. The third kappa shape index (κ3) is 2.45. The molecule has 0 aliphatic carbocycles. The first-order valence-electron chi connectivity index (χ1n) is 5.21. The lowest BCUT2D eigenvalue weighted by Gasteiger charge is -2.12. The number of rotatable bonds is 2. The van der Waals surface area contributed by atoms with Crippen molar-refractivity contribution in [2.24, 2.45) is 0 Å². The summed E-state index contributed by atoms with van der Waals surface area (Å²) in [6.07, 6.45) is 0. The Morgan fingerprint density at radius 3 is 2.31 bits per heavy atom. The molecule has 2 heteroatoms. The highest BCUT2D eigenvalue weighted by molar-refractivity contribution is 9.10. The number of benzene rings is 2. The molecular weight excluding hydrogens is 264 g/mol. The highest BCUT2D eigenvalue weighted by Gasteiger charge is 2.08. The second-order valence-electron chi connectivity index (χ2n) is 3.87. The maximum absolute atomic E-state index is 9.45. The summed E-state index contributed by atoms with van der Waals surface area (Å²) in [6.45, 7) is 2.14. The SMILES string of the molecule is CC(c1ccc(Br)cc1)c1cccc(O)c1. The fraction of sp³-hybridized carbons (Fsp3) is 0.143. The average Bonchev–Trinajstić information content (AvgIpc) is 2.29. The van der Waals surface area contributed by atoms with E-state index in [0.717, 1.165) is 10.0 Å². The van der Waals surface area contributed by atoms with Gasteiger partial charge in [-0.2, -0.15) is 0 Å². The Kier molecular flexibility index (Phi) is 3.30. The Hall–Kier alpha value is -1.28. The van der Waals surface area contributed by atoms with Gasteiger partial charge in [-0.25, -0.2) is 0 Å². The average molecular weight is 277 g/mol. The van der Waals surface area contributed by atoms with E-state index in [1.807, 2.05) is 30.3 Å². The first kappa shape index (κ1) is 11.2. The van der Waals surface area contributed by atoms with E-state index in [1.54, 1.807) is 6.07 Å². The van der Waals surface area contributed by atoms with E-state index < -0.39 is 0 Å². The molecule has 1 unspecified atom stereocenters. The molecule has 0 heterocycles. The van der Waals surface area contributed by atoms with Gasteiger partial charge in [-0.15, -0.1) is 0 Å². The number of phenolic OH excluding ortho intramolecular Hbond substituents is 1. The zero-order valence-electron chi connectivity index (χ0n) is 9.02. The quantitative estimate of drug-likeness (QED) is 0.867. The third-order valence-corrected chi connectivity index (χ3v) is 3.27. The van der Waals surface area contributed by atoms with Crippen LogP contribution in [0.2, 0.25) is 0 Å². The van der Waals surface area contributed by atoms with E-state index in [2.05, 4.69) is 35.0 Å². The molecule has 0 bridgehead atoms. The van der Waals surface area contributed by atoms with Gasteiger partial charge in [-0.05, 0) is 35.4 Å². The molecule has 0 spiro atoms. The number of phenols is 1. The molecule has 2 rings (SSSR count). The van der Waals surface area contributed by atoms with Gasteiger partial charge in [0.2, 0.25) is 0 Å². The van der Waals surface area contributed by atoms with Crippen LogP contribution in [-0.4, -0.2) is 5.11 Å². The van der Waals surface area contributed by atoms with Crippen molar-refractivity contribution >= 4 is 15.9 Å². The van der Waals surface area contributed by atoms with E-state index >= 15 is 0 Å². The predicted molar refractivity (Wildman–Crippen MR) is 69.8 cm³/mol. The Balaban J connectivity index is 2.31. The summed E-state index contributed by atoms with van der Waals surface area (Å²) in [6, 6.07) is 15.7. The van der Waals surface area contributed by atoms with Crippen molar-refractivity contribution in [2.45, 2.75) is 12.8 Å². The lowest BCUT2D eigenvalue weighted by molar-refractivity contribution is 0.474. The van der Waals surface area contributed by atoms with E-state index in [0.29, 0.717) is 11.7 Å². The Morgan fingerprint density at radius 2 is 1.69 bits per heavy atom. The Morgan fingerprint density at radius 1 is 1.00 bits per heavy atom. The van der Waals surface area contributed by atoms with E-state index in [-0.39, 0.29) is 0 Å². The number of hydrogen-bond acceptors (Lipinski definition) is 1. The van der Waals surface area contributed by atoms with E-state index in [9.17, 15) is 5.11 Å². The molecule has 1 N–H and O–H groups in total. The van der Waals surface area contributed by atoms with Gasteiger partial charge in [0.15, 0.2) is 0 Å². The first-order valence-corrected chi connectivity index (χ1v) is 6.00. The highest BCUT2D eigenvalue weighted by atomic mass is 79.9. The van der Waals surface area contributed by atoms with Gasteiger partial charge in [0.1, 0.15) is 5.75 Å². The van der Waals surface area contributed by atoms with Gasteiger partial charge in [0.25, 0.3) is 0 Å². The maximum atomic E-state index is 9.45. The molecule has 0 aromatic heterocycles. The molecule has 0 radical (unpaired) electrons. The molecule has 1 atom stereocenters. The van der Waals surface area contributed by atoms with Gasteiger partial charge in [0, 0.05) is 10.4 Å². The molecule has 0 fully saturated rings. The standard InChI is InChI=1S/C14H13BrO/c1-10(11-5-7-13(15)8-6-11)12-3-2-4-14(16)9-12/h2-10,16H,1H3. The predicted octanol–water partition coefficient (Wildman–Crippen LogP) is 4.31. The van der Waals surface area contributed by atoms with Gasteiger partial charge < -0.3 is 5.11 Å². The van der Waals surface area contributed by atoms with Crippen LogP contribution in [0, 0.1) is 0 Å². The van der Waals surface area contributed by atoms with Crippen molar-refractivity contribution in [1.29, 1.82) is 0 Å². The second kappa shape index (κ2) is 4.71. The Bertz CT molecular complexity index is 476. The van der Waals surface area contributed by atoms with Crippen molar-refractivity contribution in [3.8, 4) is 5.75 Å². The molecule has 0 aliphatic rings. The minimum Gasteiger partial charge on any atom is -0.508 e. The summed E-state index contributed by atoms with van der Waals surface area (Å²) in [7, 11) is 0. The van der Waals surface area contributed by atoms with Crippen molar-refractivity contribution < 1.29 is 5.11 Å². The molecule has 16 heavy (non-hydrogen) atoms. The fourth-order valence-corrected chi connectivity index (χ4v) is 2.00. The van der Waals surface area contributed by atoms with Crippen LogP contribution in [0.3, 0.4) is 0 Å². The zero-order valence-corrected chi connectivity index (χ0v) is 10.6. The van der Waals surface area contributed by atoms with Crippen LogP contribution in [-0.2, 0) is 0 Å². The topological polar surface area (TPSA) is 20.2 Å². The van der Waals surface area contributed by atoms with Crippen molar-refractivity contribution in [1.82, 2.24) is 0 Å². The maximum Gasteiger partial charge on any atom is 0.115 e. The van der Waals surface area contributed by atoms with Crippen molar-refractivity contribution in [3.05, 3.63) is 64.1 Å². The number of aromatic hydroxyl groups is 1. The summed E-state index contributed by atoms with van der Waals surface area (Å²) in [4.78, 5) is 0. The van der Waals surface area contributed by atoms with Crippen LogP contribution < -0.4 is 0 Å². The third-order valence-electron chi connectivity index (χ3n) is 2.74. The van der Waals surface area contributed by atoms with Crippen molar-refractivity contribution in [3.63, 3.8) is 0 Å². The van der Waals surface area contributed by atoms with Crippen LogP contribution >= 0.6 is 15.9 Å². The Labute approximate surface area is 104 Å². The van der Waals surface area contributed by atoms with Gasteiger partial charge in [-0.3, -0.25) is 0 Å². The van der Waals surface area contributed by atoms with Crippen molar-refractivity contribution in [2.75, 3.05) is 0 Å². The molecule has 1 nitrogen and oxygen atoms in total. The molecule has 0 aliphatic heterocycles. The summed E-state index contributed by atoms with van der Waals surface area (Å²) < 4.78 is 1.08. The molecule has 0 saturated carbocycles. The van der Waals surface area contributed by atoms with Crippen LogP contribution in [0.25, 0.3) is 0 Å². The monoisotopic (exact) mass is 276 g/mol. The van der Waals surface area contributed by atoms with Gasteiger partial charge in [-0.1, -0.05) is 47.1 Å². The molecule has 2 aromatic carbocycles. The number of hydrogen-bond donors (Lipinski definition) is 1. The highest BCUT2D eigenvalue weighted by Crippen LogP contribution is 2.27. The van der Waals surface area contributed by atoms with Crippen LogP contribution in [0.5, 0.6) is 5.75 Å². The van der Waals surface area contributed by atoms with Crippen LogP contribution in [0.15, 0.2) is 53.0 Å². The molecule has 2 aromatic rings. The summed E-state index contributed by atoms with van der Waals surface area (Å²) in [5.74, 6) is 0.613. The molecule has 0 saturated heterocycles. The van der Waals surface area contributed by atoms with Gasteiger partial charge in [0.05, 0.1) is 0 Å². The minimum atomic E-state index is 0.292. The molecular formula is C14H13BrO. The van der Waals surface area contributed by atoms with Crippen LogP contribution in [0.1, 0.15) is 24.0 Å².